The van der Waals surface area contributed by atoms with Gasteiger partial charge in [0.1, 0.15) is 23.7 Å². The van der Waals surface area contributed by atoms with E-state index >= 15 is 0 Å². The quantitative estimate of drug-likeness (QED) is 0.247. The molecule has 0 fully saturated rings. The Hall–Kier alpha value is -5.39. The second-order valence-electron chi connectivity index (χ2n) is 10.8. The first-order chi connectivity index (χ1) is 20.6. The zero-order valence-electron chi connectivity index (χ0n) is 24.3. The summed E-state index contributed by atoms with van der Waals surface area (Å²) >= 11 is 0. The Morgan fingerprint density at radius 1 is 1.02 bits per heavy atom. The smallest absolute Gasteiger partial charge is 0.332 e. The van der Waals surface area contributed by atoms with Gasteiger partial charge >= 0.3 is 11.7 Å². The molecule has 5 rings (SSSR count). The first kappa shape index (κ1) is 29.1. The van der Waals surface area contributed by atoms with E-state index in [1.807, 2.05) is 19.1 Å². The number of imidazole rings is 1. The van der Waals surface area contributed by atoms with Gasteiger partial charge in [0.2, 0.25) is 0 Å². The molecule has 4 heterocycles. The molecule has 12 nitrogen and oxygen atoms in total. The van der Waals surface area contributed by atoms with Gasteiger partial charge in [-0.3, -0.25) is 9.78 Å². The van der Waals surface area contributed by atoms with Crippen LogP contribution in [0.5, 0.6) is 0 Å². The molecule has 0 saturated heterocycles. The number of nitrogens with zero attached hydrogens (tertiary/aromatic N) is 6. The maximum Gasteiger partial charge on any atom is 0.332 e. The van der Waals surface area contributed by atoms with Crippen LogP contribution < -0.4 is 15.9 Å². The van der Waals surface area contributed by atoms with E-state index in [2.05, 4.69) is 30.2 Å². The number of hydrogen-bond acceptors (Lipinski definition) is 9. The zero-order valence-corrected chi connectivity index (χ0v) is 24.3. The van der Waals surface area contributed by atoms with Crippen LogP contribution >= 0.6 is 0 Å². The molecular formula is C31H32N8O4. The summed E-state index contributed by atoms with van der Waals surface area (Å²) in [5.74, 6) is -0.431. The van der Waals surface area contributed by atoms with Crippen molar-refractivity contribution in [2.75, 3.05) is 16.8 Å². The van der Waals surface area contributed by atoms with Crippen molar-refractivity contribution in [2.24, 2.45) is 0 Å². The van der Waals surface area contributed by atoms with Crippen LogP contribution in [0.3, 0.4) is 0 Å². The van der Waals surface area contributed by atoms with Gasteiger partial charge in [-0.05, 0) is 69.7 Å². The van der Waals surface area contributed by atoms with Crippen LogP contribution in [0.15, 0.2) is 84.4 Å². The van der Waals surface area contributed by atoms with E-state index in [0.29, 0.717) is 40.5 Å². The fraction of sp³-hybridized carbons (Fsp3) is 0.258. The molecule has 5 aromatic rings. The first-order valence-electron chi connectivity index (χ1n) is 13.8. The molecule has 12 heteroatoms. The molecule has 0 aliphatic rings. The highest BCUT2D eigenvalue weighted by atomic mass is 16.6. The second kappa shape index (κ2) is 12.2. The summed E-state index contributed by atoms with van der Waals surface area (Å²) in [6, 6.07) is 13.2. The molecule has 1 atom stereocenters. The minimum atomic E-state index is -0.856. The molecule has 0 spiro atoms. The predicted molar refractivity (Wildman–Crippen MR) is 162 cm³/mol. The average Bonchev–Trinajstić information content (AvgIpc) is 3.33. The molecular weight excluding hydrogens is 548 g/mol. The van der Waals surface area contributed by atoms with Crippen molar-refractivity contribution in [2.45, 2.75) is 45.8 Å². The topological polar surface area (TPSA) is 148 Å². The lowest BCUT2D eigenvalue weighted by Crippen LogP contribution is -2.39. The van der Waals surface area contributed by atoms with Crippen molar-refractivity contribution in [3.8, 4) is 5.69 Å². The molecule has 0 bridgehead atoms. The minimum absolute atomic E-state index is 0.240. The number of nitrogens with one attached hydrogen (secondary N) is 2. The van der Waals surface area contributed by atoms with Crippen molar-refractivity contribution in [3.63, 3.8) is 0 Å². The molecule has 220 valence electrons. The summed E-state index contributed by atoms with van der Waals surface area (Å²) < 4.78 is 7.24. The normalized spacial score (nSPS) is 12.1. The van der Waals surface area contributed by atoms with Crippen LogP contribution in [-0.2, 0) is 16.0 Å². The second-order valence-corrected chi connectivity index (χ2v) is 10.8. The summed E-state index contributed by atoms with van der Waals surface area (Å²) in [6.45, 7) is 7.57. The van der Waals surface area contributed by atoms with Crippen molar-refractivity contribution in [3.05, 3.63) is 101 Å². The number of aromatic amines is 1. The number of esters is 1. The fourth-order valence-electron chi connectivity index (χ4n) is 4.63. The number of amides is 1. The van der Waals surface area contributed by atoms with Gasteiger partial charge in [0.25, 0.3) is 5.91 Å². The Morgan fingerprint density at radius 2 is 1.77 bits per heavy atom. The van der Waals surface area contributed by atoms with Gasteiger partial charge in [0, 0.05) is 37.1 Å². The van der Waals surface area contributed by atoms with Gasteiger partial charge in [0.05, 0.1) is 17.4 Å². The Labute approximate surface area is 247 Å². The Bertz CT molecular complexity index is 1790. The van der Waals surface area contributed by atoms with E-state index in [-0.39, 0.29) is 18.0 Å². The number of fused-ring (bicyclic) bond motifs is 1. The number of carbonyl (C=O) groups is 2. The maximum absolute atomic E-state index is 13.4. The third-order valence-electron chi connectivity index (χ3n) is 6.55. The Balaban J connectivity index is 1.44. The van der Waals surface area contributed by atoms with E-state index in [0.717, 1.165) is 5.56 Å². The number of carbonyl (C=O) groups excluding carboxylic acids is 2. The first-order valence-corrected chi connectivity index (χ1v) is 13.8. The van der Waals surface area contributed by atoms with Crippen LogP contribution in [0, 0.1) is 0 Å². The van der Waals surface area contributed by atoms with Crippen LogP contribution in [-0.4, -0.2) is 59.6 Å². The Kier molecular flexibility index (Phi) is 8.28. The minimum Gasteiger partial charge on any atom is -0.458 e. The van der Waals surface area contributed by atoms with Gasteiger partial charge < -0.3 is 19.9 Å². The molecule has 2 N–H and O–H groups in total. The van der Waals surface area contributed by atoms with E-state index < -0.39 is 17.6 Å². The number of aromatic nitrogens is 6. The van der Waals surface area contributed by atoms with Crippen LogP contribution in [0.2, 0.25) is 0 Å². The number of ether oxygens (including phenoxy) is 1. The molecule has 1 unspecified atom stereocenters. The predicted octanol–water partition coefficient (Wildman–Crippen LogP) is 3.93. The standard InChI is InChI=1S/C31H32N8O4/c1-5-38(28(40)21-12-15-32-16-13-21)25-18-33-19-35-26(25)36-24(29(41)43-31(2,3)4)17-20-8-10-22(11-9-20)39-27-23(37-30(39)42)7-6-14-34-27/h6-16,18-19,24H,5,17H2,1-4H3,(H,37,42)(H,33,35,36). The maximum atomic E-state index is 13.4. The molecule has 4 aromatic heterocycles. The molecule has 0 saturated carbocycles. The third kappa shape index (κ3) is 6.58. The van der Waals surface area contributed by atoms with E-state index in [1.54, 1.807) is 75.8 Å². The number of anilines is 2. The molecule has 0 aliphatic carbocycles. The fourth-order valence-corrected chi connectivity index (χ4v) is 4.63. The highest BCUT2D eigenvalue weighted by molar-refractivity contribution is 6.07. The van der Waals surface area contributed by atoms with Crippen LogP contribution in [0.1, 0.15) is 43.6 Å². The number of pyridine rings is 2. The van der Waals surface area contributed by atoms with Gasteiger partial charge in [-0.2, -0.15) is 0 Å². The number of H-pyrrole nitrogens is 1. The number of rotatable bonds is 9. The summed E-state index contributed by atoms with van der Waals surface area (Å²) in [4.78, 5) is 60.6. The summed E-state index contributed by atoms with van der Waals surface area (Å²) in [5, 5.41) is 3.21. The highest BCUT2D eigenvalue weighted by Gasteiger charge is 2.28. The van der Waals surface area contributed by atoms with Gasteiger partial charge in [-0.25, -0.2) is 29.1 Å². The zero-order chi connectivity index (χ0) is 30.6. The van der Waals surface area contributed by atoms with Crippen molar-refractivity contribution in [1.29, 1.82) is 0 Å². The molecule has 43 heavy (non-hydrogen) atoms. The summed E-state index contributed by atoms with van der Waals surface area (Å²) in [6.07, 6.45) is 7.86. The number of benzene rings is 1. The van der Waals surface area contributed by atoms with Gasteiger partial charge in [-0.15, -0.1) is 0 Å². The SMILES string of the molecule is CCN(C(=O)c1ccncc1)c1cncnc1NC(Cc1ccc(-n2c(=O)[nH]c3cccnc32)cc1)C(=O)OC(C)(C)C. The average molecular weight is 581 g/mol. The molecule has 1 amide bonds. The van der Waals surface area contributed by atoms with E-state index in [9.17, 15) is 14.4 Å². The highest BCUT2D eigenvalue weighted by Crippen LogP contribution is 2.26. The number of hydrogen-bond donors (Lipinski definition) is 2. The molecule has 0 aliphatic heterocycles. The Morgan fingerprint density at radius 3 is 2.47 bits per heavy atom. The third-order valence-corrected chi connectivity index (χ3v) is 6.55. The molecule has 1 aromatic carbocycles. The molecule has 0 radical (unpaired) electrons. The van der Waals surface area contributed by atoms with Crippen molar-refractivity contribution < 1.29 is 14.3 Å². The lowest BCUT2D eigenvalue weighted by atomic mass is 10.0. The van der Waals surface area contributed by atoms with Crippen LogP contribution in [0.4, 0.5) is 11.5 Å². The van der Waals surface area contributed by atoms with Crippen molar-refractivity contribution >= 4 is 34.5 Å². The lowest BCUT2D eigenvalue weighted by Gasteiger charge is -2.27. The summed E-state index contributed by atoms with van der Waals surface area (Å²) in [5.41, 5.74) is 2.44. The lowest BCUT2D eigenvalue weighted by molar-refractivity contribution is -0.155. The van der Waals surface area contributed by atoms with Gasteiger partial charge in [-0.1, -0.05) is 12.1 Å². The van der Waals surface area contributed by atoms with Gasteiger partial charge in [0.15, 0.2) is 11.5 Å². The van der Waals surface area contributed by atoms with E-state index in [1.165, 1.54) is 22.0 Å². The van der Waals surface area contributed by atoms with E-state index in [4.69, 9.17) is 4.74 Å². The summed E-state index contributed by atoms with van der Waals surface area (Å²) in [7, 11) is 0. The monoisotopic (exact) mass is 580 g/mol. The van der Waals surface area contributed by atoms with Crippen molar-refractivity contribution in [1.82, 2.24) is 29.5 Å². The largest absolute Gasteiger partial charge is 0.458 e. The van der Waals surface area contributed by atoms with Crippen LogP contribution in [0.25, 0.3) is 16.9 Å².